The highest BCUT2D eigenvalue weighted by Crippen LogP contribution is 2.35. The summed E-state index contributed by atoms with van der Waals surface area (Å²) < 4.78 is 0. The normalized spacial score (nSPS) is 22.5. The molecule has 2 rings (SSSR count). The van der Waals surface area contributed by atoms with Gasteiger partial charge in [-0.1, -0.05) is 13.8 Å². The molecule has 18 heavy (non-hydrogen) atoms. The number of aromatic nitrogens is 1. The number of amides is 1. The average Bonchev–Trinajstić information content (AvgIpc) is 2.80. The summed E-state index contributed by atoms with van der Waals surface area (Å²) in [4.78, 5) is 18.9. The molecule has 0 bridgehead atoms. The van der Waals surface area contributed by atoms with Crippen LogP contribution in [0.5, 0.6) is 0 Å². The van der Waals surface area contributed by atoms with Crippen LogP contribution < -0.4 is 0 Å². The highest BCUT2D eigenvalue weighted by atomic mass is 32.1. The molecule has 1 atom stereocenters. The molecule has 1 aliphatic heterocycles. The van der Waals surface area contributed by atoms with E-state index in [1.807, 2.05) is 0 Å². The Morgan fingerprint density at radius 3 is 3.11 bits per heavy atom. The number of piperidine rings is 1. The van der Waals surface area contributed by atoms with E-state index in [4.69, 9.17) is 0 Å². The molecule has 0 aromatic carbocycles. The minimum absolute atomic E-state index is 0.0403. The number of hydrogen-bond acceptors (Lipinski definition) is 4. The number of hydrogen-bond donors (Lipinski definition) is 0. The molecule has 1 saturated heterocycles. The fraction of sp³-hybridized carbons (Fsp3) is 0.615. The summed E-state index contributed by atoms with van der Waals surface area (Å²) in [5.41, 5.74) is 1.61. The predicted molar refractivity (Wildman–Crippen MR) is 69.9 cm³/mol. The van der Waals surface area contributed by atoms with E-state index in [2.05, 4.69) is 24.9 Å². The molecular weight excluding hydrogens is 246 g/mol. The van der Waals surface area contributed by atoms with E-state index in [1.165, 1.54) is 11.3 Å². The van der Waals surface area contributed by atoms with Crippen molar-refractivity contribution in [3.63, 3.8) is 0 Å². The van der Waals surface area contributed by atoms with Crippen molar-refractivity contribution in [2.45, 2.75) is 39.2 Å². The Kier molecular flexibility index (Phi) is 3.67. The van der Waals surface area contributed by atoms with Crippen LogP contribution in [-0.4, -0.2) is 28.4 Å². The first kappa shape index (κ1) is 13.0. The third-order valence-corrected chi connectivity index (χ3v) is 4.30. The van der Waals surface area contributed by atoms with Crippen molar-refractivity contribution in [2.75, 3.05) is 6.54 Å². The molecule has 0 aliphatic carbocycles. The van der Waals surface area contributed by atoms with E-state index in [0.717, 1.165) is 17.7 Å². The first-order valence-electron chi connectivity index (χ1n) is 6.11. The number of rotatable bonds is 2. The van der Waals surface area contributed by atoms with Gasteiger partial charge in [-0.25, -0.2) is 0 Å². The highest BCUT2D eigenvalue weighted by Gasteiger charge is 2.39. The maximum absolute atomic E-state index is 12.3. The van der Waals surface area contributed by atoms with E-state index in [1.54, 1.807) is 16.6 Å². The molecule has 1 fully saturated rings. The molecule has 0 radical (unpaired) electrons. The van der Waals surface area contributed by atoms with Gasteiger partial charge >= 0.3 is 0 Å². The second-order valence-corrected chi connectivity index (χ2v) is 6.33. The van der Waals surface area contributed by atoms with Gasteiger partial charge in [0.1, 0.15) is 6.04 Å². The van der Waals surface area contributed by atoms with Crippen LogP contribution in [0.1, 0.15) is 31.6 Å². The molecule has 0 spiro atoms. The van der Waals surface area contributed by atoms with Crippen LogP contribution in [-0.2, 0) is 11.2 Å². The lowest BCUT2D eigenvalue weighted by Crippen LogP contribution is -2.52. The Labute approximate surface area is 111 Å². The minimum atomic E-state index is -0.313. The van der Waals surface area contributed by atoms with Gasteiger partial charge in [0, 0.05) is 17.6 Å². The maximum atomic E-state index is 12.3. The molecule has 1 aliphatic rings. The fourth-order valence-corrected chi connectivity index (χ4v) is 3.07. The lowest BCUT2D eigenvalue weighted by molar-refractivity contribution is -0.135. The summed E-state index contributed by atoms with van der Waals surface area (Å²) in [6.07, 6.45) is 4.05. The lowest BCUT2D eigenvalue weighted by atomic mass is 9.77. The zero-order chi connectivity index (χ0) is 13.2. The summed E-state index contributed by atoms with van der Waals surface area (Å²) >= 11 is 1.48. The van der Waals surface area contributed by atoms with Crippen LogP contribution in [0.15, 0.2) is 11.7 Å². The molecular formula is C13H17N3OS. The predicted octanol–water partition coefficient (Wildman–Crippen LogP) is 2.23. The van der Waals surface area contributed by atoms with Gasteiger partial charge in [-0.3, -0.25) is 9.78 Å². The highest BCUT2D eigenvalue weighted by molar-refractivity contribution is 7.09. The van der Waals surface area contributed by atoms with Gasteiger partial charge in [-0.15, -0.1) is 11.3 Å². The van der Waals surface area contributed by atoms with Crippen molar-refractivity contribution in [1.82, 2.24) is 9.88 Å². The van der Waals surface area contributed by atoms with E-state index in [0.29, 0.717) is 13.0 Å². The lowest BCUT2D eigenvalue weighted by Gasteiger charge is -2.42. The molecule has 0 N–H and O–H groups in total. The Morgan fingerprint density at radius 2 is 2.50 bits per heavy atom. The summed E-state index contributed by atoms with van der Waals surface area (Å²) in [6.45, 7) is 4.82. The van der Waals surface area contributed by atoms with Crippen molar-refractivity contribution in [3.05, 3.63) is 16.6 Å². The topological polar surface area (TPSA) is 57.0 Å². The first-order chi connectivity index (χ1) is 8.54. The standard InChI is InChI=1S/C13H17N3OS/c1-13(2)4-3-5-16(11(13)7-14)12(17)6-10-8-15-9-18-10/h8-9,11H,3-6H2,1-2H3. The maximum Gasteiger partial charge on any atom is 0.228 e. The zero-order valence-corrected chi connectivity index (χ0v) is 11.5. The molecule has 2 heterocycles. The SMILES string of the molecule is CC1(C)CCCN(C(=O)Cc2cncs2)C1C#N. The van der Waals surface area contributed by atoms with Crippen LogP contribution in [0, 0.1) is 16.7 Å². The summed E-state index contributed by atoms with van der Waals surface area (Å²) in [7, 11) is 0. The van der Waals surface area contributed by atoms with Gasteiger partial charge in [0.25, 0.3) is 0 Å². The molecule has 96 valence electrons. The van der Waals surface area contributed by atoms with Crippen molar-refractivity contribution >= 4 is 17.2 Å². The fourth-order valence-electron chi connectivity index (χ4n) is 2.49. The monoisotopic (exact) mass is 263 g/mol. The molecule has 0 saturated carbocycles. The third kappa shape index (κ3) is 2.54. The largest absolute Gasteiger partial charge is 0.326 e. The number of carbonyl (C=O) groups is 1. The summed E-state index contributed by atoms with van der Waals surface area (Å²) in [5.74, 6) is 0.0403. The molecule has 4 nitrogen and oxygen atoms in total. The van der Waals surface area contributed by atoms with Gasteiger partial charge in [0.2, 0.25) is 5.91 Å². The smallest absolute Gasteiger partial charge is 0.228 e. The second kappa shape index (κ2) is 5.07. The Bertz CT molecular complexity index is 461. The summed E-state index contributed by atoms with van der Waals surface area (Å²) in [6, 6.07) is 1.98. The number of nitrogens with zero attached hydrogens (tertiary/aromatic N) is 3. The van der Waals surface area contributed by atoms with Gasteiger partial charge in [-0.05, 0) is 18.3 Å². The minimum Gasteiger partial charge on any atom is -0.326 e. The van der Waals surface area contributed by atoms with Crippen molar-refractivity contribution in [1.29, 1.82) is 5.26 Å². The second-order valence-electron chi connectivity index (χ2n) is 5.36. The van der Waals surface area contributed by atoms with Crippen LogP contribution >= 0.6 is 11.3 Å². The van der Waals surface area contributed by atoms with E-state index in [9.17, 15) is 10.1 Å². The average molecular weight is 263 g/mol. The van der Waals surface area contributed by atoms with Gasteiger partial charge in [-0.2, -0.15) is 5.26 Å². The van der Waals surface area contributed by atoms with E-state index < -0.39 is 0 Å². The number of thiazole rings is 1. The number of likely N-dealkylation sites (tertiary alicyclic amines) is 1. The molecule has 1 aromatic heterocycles. The Hall–Kier alpha value is -1.41. The van der Waals surface area contributed by atoms with Crippen LogP contribution in [0.3, 0.4) is 0 Å². The van der Waals surface area contributed by atoms with Crippen molar-refractivity contribution < 1.29 is 4.79 Å². The summed E-state index contributed by atoms with van der Waals surface area (Å²) in [5, 5.41) is 9.32. The van der Waals surface area contributed by atoms with Crippen molar-refractivity contribution in [3.8, 4) is 6.07 Å². The quantitative estimate of drug-likeness (QED) is 0.822. The Morgan fingerprint density at radius 1 is 1.72 bits per heavy atom. The van der Waals surface area contributed by atoms with Crippen LogP contribution in [0.2, 0.25) is 0 Å². The van der Waals surface area contributed by atoms with Crippen LogP contribution in [0.4, 0.5) is 0 Å². The molecule has 1 amide bonds. The number of carbonyl (C=O) groups excluding carboxylic acids is 1. The van der Waals surface area contributed by atoms with Gasteiger partial charge in [0.05, 0.1) is 18.0 Å². The van der Waals surface area contributed by atoms with Crippen molar-refractivity contribution in [2.24, 2.45) is 5.41 Å². The molecule has 5 heteroatoms. The molecule has 1 aromatic rings. The van der Waals surface area contributed by atoms with Crippen LogP contribution in [0.25, 0.3) is 0 Å². The Balaban J connectivity index is 2.11. The van der Waals surface area contributed by atoms with Gasteiger partial charge < -0.3 is 4.90 Å². The third-order valence-electron chi connectivity index (χ3n) is 3.52. The zero-order valence-electron chi connectivity index (χ0n) is 10.7. The van der Waals surface area contributed by atoms with Gasteiger partial charge in [0.15, 0.2) is 0 Å². The van der Waals surface area contributed by atoms with E-state index >= 15 is 0 Å². The first-order valence-corrected chi connectivity index (χ1v) is 6.99. The molecule has 1 unspecified atom stereocenters. The number of nitriles is 1. The van der Waals surface area contributed by atoms with E-state index in [-0.39, 0.29) is 17.4 Å².